The van der Waals surface area contributed by atoms with Crippen LogP contribution in [0.4, 0.5) is 0 Å². The van der Waals surface area contributed by atoms with Crippen LogP contribution in [0.2, 0.25) is 15.1 Å². The maximum Gasteiger partial charge on any atom is 0.198 e. The number of carbonyl (C=O) groups excluding carboxylic acids is 1. The molecule has 0 fully saturated rings. The minimum absolute atomic E-state index is 0.0250. The fourth-order valence-corrected chi connectivity index (χ4v) is 5.42. The Kier molecular flexibility index (Phi) is 6.15. The van der Waals surface area contributed by atoms with E-state index in [1.165, 1.54) is 24.4 Å². The molecule has 146 valence electrons. The highest BCUT2D eigenvalue weighted by Gasteiger charge is 2.27. The molecule has 0 aliphatic heterocycles. The van der Waals surface area contributed by atoms with Gasteiger partial charge in [0.15, 0.2) is 15.6 Å². The molecule has 28 heavy (non-hydrogen) atoms. The second-order valence-electron chi connectivity index (χ2n) is 6.16. The molecule has 1 heterocycles. The van der Waals surface area contributed by atoms with Crippen LogP contribution in [-0.4, -0.2) is 29.5 Å². The molecule has 0 unspecified atom stereocenters. The van der Waals surface area contributed by atoms with Crippen molar-refractivity contribution in [1.29, 1.82) is 0 Å². The minimum atomic E-state index is -4.02. The summed E-state index contributed by atoms with van der Waals surface area (Å²) in [5.74, 6) is -0.829. The Hall–Kier alpha value is -1.86. The first-order valence-electron chi connectivity index (χ1n) is 8.15. The van der Waals surface area contributed by atoms with Gasteiger partial charge in [-0.2, -0.15) is 0 Å². The second kappa shape index (κ2) is 8.25. The van der Waals surface area contributed by atoms with Gasteiger partial charge in [-0.15, -0.1) is 0 Å². The number of carbonyl (C=O) groups is 1. The number of imidazole rings is 1. The van der Waals surface area contributed by atoms with Gasteiger partial charge in [-0.1, -0.05) is 53.0 Å². The summed E-state index contributed by atoms with van der Waals surface area (Å²) in [6, 6.07) is 11.7. The number of aryl methyl sites for hydroxylation is 1. The van der Waals surface area contributed by atoms with Gasteiger partial charge in [0.2, 0.25) is 0 Å². The molecule has 0 radical (unpaired) electrons. The lowest BCUT2D eigenvalue weighted by Crippen LogP contribution is -2.17. The normalized spacial score (nSPS) is 11.6. The number of hydrogen-bond donors (Lipinski definition) is 0. The van der Waals surface area contributed by atoms with Gasteiger partial charge in [0, 0.05) is 17.8 Å². The summed E-state index contributed by atoms with van der Waals surface area (Å²) in [6.45, 7) is 2.19. The number of nitrogens with zero attached hydrogens (tertiary/aromatic N) is 2. The number of rotatable bonds is 6. The van der Waals surface area contributed by atoms with Crippen LogP contribution in [0.25, 0.3) is 0 Å². The van der Waals surface area contributed by atoms with Gasteiger partial charge in [-0.25, -0.2) is 13.4 Å². The molecule has 0 saturated heterocycles. The molecule has 3 rings (SSSR count). The van der Waals surface area contributed by atoms with Gasteiger partial charge in [-0.3, -0.25) is 4.79 Å². The summed E-state index contributed by atoms with van der Waals surface area (Å²) in [6.07, 6.45) is 1.53. The van der Waals surface area contributed by atoms with E-state index in [9.17, 15) is 13.2 Å². The zero-order valence-electron chi connectivity index (χ0n) is 14.7. The van der Waals surface area contributed by atoms with Crippen molar-refractivity contribution in [1.82, 2.24) is 9.55 Å². The summed E-state index contributed by atoms with van der Waals surface area (Å²) in [4.78, 5) is 16.5. The van der Waals surface area contributed by atoms with Crippen LogP contribution < -0.4 is 0 Å². The number of sulfone groups is 1. The van der Waals surface area contributed by atoms with Crippen LogP contribution in [-0.2, 0) is 16.4 Å². The van der Waals surface area contributed by atoms with Gasteiger partial charge >= 0.3 is 0 Å². The lowest BCUT2D eigenvalue weighted by molar-refractivity contribution is 0.101. The Morgan fingerprint density at radius 2 is 1.71 bits per heavy atom. The maximum atomic E-state index is 12.6. The van der Waals surface area contributed by atoms with E-state index in [0.717, 1.165) is 5.56 Å². The van der Waals surface area contributed by atoms with Gasteiger partial charge in [0.1, 0.15) is 22.2 Å². The van der Waals surface area contributed by atoms with E-state index in [-0.39, 0.29) is 20.6 Å². The van der Waals surface area contributed by atoms with Crippen molar-refractivity contribution in [2.75, 3.05) is 5.75 Å². The highest BCUT2D eigenvalue weighted by atomic mass is 35.5. The van der Waals surface area contributed by atoms with Gasteiger partial charge < -0.3 is 4.57 Å². The number of aromatic nitrogens is 2. The van der Waals surface area contributed by atoms with Gasteiger partial charge in [-0.05, 0) is 36.8 Å². The van der Waals surface area contributed by atoms with Crippen molar-refractivity contribution in [3.05, 3.63) is 80.8 Å². The molecular formula is C19H15Cl3N2O3S. The van der Waals surface area contributed by atoms with Crippen molar-refractivity contribution in [3.8, 4) is 0 Å². The van der Waals surface area contributed by atoms with Crippen LogP contribution >= 0.6 is 34.8 Å². The van der Waals surface area contributed by atoms with Crippen LogP contribution in [0.5, 0.6) is 0 Å². The van der Waals surface area contributed by atoms with E-state index in [1.807, 2.05) is 18.2 Å². The molecule has 0 aliphatic rings. The van der Waals surface area contributed by atoms with E-state index in [2.05, 4.69) is 4.98 Å². The number of benzene rings is 2. The number of halogens is 3. The fourth-order valence-electron chi connectivity index (χ4n) is 2.73. The zero-order chi connectivity index (χ0) is 20.5. The van der Waals surface area contributed by atoms with Crippen molar-refractivity contribution in [3.63, 3.8) is 0 Å². The van der Waals surface area contributed by atoms with E-state index in [0.29, 0.717) is 17.4 Å². The van der Waals surface area contributed by atoms with E-state index in [4.69, 9.17) is 34.8 Å². The third-order valence-corrected chi connectivity index (χ3v) is 6.85. The molecule has 0 aliphatic carbocycles. The molecule has 1 aromatic heterocycles. The molecule has 0 bridgehead atoms. The lowest BCUT2D eigenvalue weighted by atomic mass is 10.2. The summed E-state index contributed by atoms with van der Waals surface area (Å²) >= 11 is 17.9. The quantitative estimate of drug-likeness (QED) is 0.496. The Bertz CT molecular complexity index is 1140. The molecule has 9 heteroatoms. The van der Waals surface area contributed by atoms with Crippen molar-refractivity contribution in [2.24, 2.45) is 0 Å². The molecule has 0 spiro atoms. The molecule has 0 saturated carbocycles. The predicted octanol–water partition coefficient (Wildman–Crippen LogP) is 4.86. The molecule has 5 nitrogen and oxygen atoms in total. The van der Waals surface area contributed by atoms with Gasteiger partial charge in [0.05, 0.1) is 10.0 Å². The zero-order valence-corrected chi connectivity index (χ0v) is 17.8. The smallest absolute Gasteiger partial charge is 0.198 e. The first kappa shape index (κ1) is 20.9. The summed E-state index contributed by atoms with van der Waals surface area (Å²) in [7, 11) is -4.02. The lowest BCUT2D eigenvalue weighted by Gasteiger charge is -2.07. The molecule has 0 N–H and O–H groups in total. The number of hydrogen-bond acceptors (Lipinski definition) is 4. The minimum Gasteiger partial charge on any atom is -0.330 e. The topological polar surface area (TPSA) is 69.0 Å². The Morgan fingerprint density at radius 1 is 1.07 bits per heavy atom. The Morgan fingerprint density at radius 3 is 2.36 bits per heavy atom. The van der Waals surface area contributed by atoms with Crippen LogP contribution in [0.1, 0.15) is 21.9 Å². The van der Waals surface area contributed by atoms with Crippen LogP contribution in [0, 0.1) is 6.92 Å². The van der Waals surface area contributed by atoms with Crippen molar-refractivity contribution < 1.29 is 13.2 Å². The van der Waals surface area contributed by atoms with Crippen LogP contribution in [0.15, 0.2) is 53.6 Å². The largest absolute Gasteiger partial charge is 0.330 e. The fraction of sp³-hybridized carbons (Fsp3) is 0.158. The number of ketones is 1. The summed E-state index contributed by atoms with van der Waals surface area (Å²) in [5, 5.41) is 0.556. The third-order valence-electron chi connectivity index (χ3n) is 4.05. The second-order valence-corrected chi connectivity index (χ2v) is 9.34. The average molecular weight is 458 g/mol. The summed E-state index contributed by atoms with van der Waals surface area (Å²) < 4.78 is 27.0. The predicted molar refractivity (Wildman–Crippen MR) is 110 cm³/mol. The Balaban J connectivity index is 1.84. The van der Waals surface area contributed by atoms with E-state index in [1.54, 1.807) is 17.6 Å². The highest BCUT2D eigenvalue weighted by Crippen LogP contribution is 2.30. The Labute approximate surface area is 177 Å². The van der Waals surface area contributed by atoms with E-state index >= 15 is 0 Å². The average Bonchev–Trinajstić information content (AvgIpc) is 2.95. The van der Waals surface area contributed by atoms with Crippen molar-refractivity contribution >= 4 is 50.4 Å². The first-order valence-corrected chi connectivity index (χ1v) is 10.9. The van der Waals surface area contributed by atoms with Crippen molar-refractivity contribution in [2.45, 2.75) is 18.4 Å². The van der Waals surface area contributed by atoms with Gasteiger partial charge in [0.25, 0.3) is 0 Å². The molecule has 2 aromatic carbocycles. The molecule has 0 amide bonds. The SMILES string of the molecule is Cc1nc(C(=O)CS(=O)(=O)c2c(Cl)cccc2Cl)cn1Cc1cccc(Cl)c1. The van der Waals surface area contributed by atoms with Crippen LogP contribution in [0.3, 0.4) is 0 Å². The molecule has 0 atom stereocenters. The third kappa shape index (κ3) is 4.58. The number of Topliss-reactive ketones (excluding diaryl/α,β-unsaturated/α-hetero) is 1. The monoisotopic (exact) mass is 456 g/mol. The molecule has 3 aromatic rings. The first-order chi connectivity index (χ1) is 13.2. The maximum absolute atomic E-state index is 12.6. The van der Waals surface area contributed by atoms with E-state index < -0.39 is 21.4 Å². The summed E-state index contributed by atoms with van der Waals surface area (Å²) in [5.41, 5.74) is 0.994. The highest BCUT2D eigenvalue weighted by molar-refractivity contribution is 7.92. The molecular weight excluding hydrogens is 443 g/mol. The standard InChI is InChI=1S/C19H15Cl3N2O3S/c1-12-23-17(10-24(12)9-13-4-2-5-14(20)8-13)18(25)11-28(26,27)19-15(21)6-3-7-16(19)22/h2-8,10H,9,11H2,1H3.